The minimum Gasteiger partial charge on any atom is -0.396 e. The van der Waals surface area contributed by atoms with Gasteiger partial charge in [0.2, 0.25) is 0 Å². The molecule has 0 aliphatic carbocycles. The standard InChI is InChI=1S/C20H21N3O2S2/c1-26-18-5-3-2-4-17(18)21-12-14-6-8-15(9-7-14)19(25)23-20-22-16(10-11-24)13-27-20/h2-9,13,21,24H,10-12H2,1H3,(H,22,23,25). The van der Waals surface area contributed by atoms with Gasteiger partial charge in [-0.1, -0.05) is 24.3 Å². The topological polar surface area (TPSA) is 74.2 Å². The molecule has 0 fully saturated rings. The zero-order valence-corrected chi connectivity index (χ0v) is 16.6. The molecular weight excluding hydrogens is 378 g/mol. The zero-order chi connectivity index (χ0) is 19.1. The summed E-state index contributed by atoms with van der Waals surface area (Å²) >= 11 is 3.07. The molecule has 0 spiro atoms. The average Bonchev–Trinajstić information content (AvgIpc) is 3.14. The number of para-hydroxylation sites is 1. The number of nitrogens with zero attached hydrogens (tertiary/aromatic N) is 1. The largest absolute Gasteiger partial charge is 0.396 e. The van der Waals surface area contributed by atoms with Gasteiger partial charge >= 0.3 is 0 Å². The number of aromatic nitrogens is 1. The molecule has 140 valence electrons. The van der Waals surface area contributed by atoms with Gasteiger partial charge in [0.15, 0.2) is 5.13 Å². The molecule has 0 aliphatic heterocycles. The van der Waals surface area contributed by atoms with Crippen LogP contribution < -0.4 is 10.6 Å². The summed E-state index contributed by atoms with van der Waals surface area (Å²) in [5.41, 5.74) is 3.57. The number of carbonyl (C=O) groups excluding carboxylic acids is 1. The summed E-state index contributed by atoms with van der Waals surface area (Å²) in [6, 6.07) is 15.7. The van der Waals surface area contributed by atoms with Gasteiger partial charge in [0.25, 0.3) is 5.91 Å². The van der Waals surface area contributed by atoms with Crippen LogP contribution >= 0.6 is 23.1 Å². The molecule has 27 heavy (non-hydrogen) atoms. The Kier molecular flexibility index (Phi) is 6.86. The highest BCUT2D eigenvalue weighted by atomic mass is 32.2. The summed E-state index contributed by atoms with van der Waals surface area (Å²) in [5, 5.41) is 17.5. The van der Waals surface area contributed by atoms with Crippen molar-refractivity contribution in [2.75, 3.05) is 23.5 Å². The first-order valence-corrected chi connectivity index (χ1v) is 10.6. The van der Waals surface area contributed by atoms with Gasteiger partial charge in [0, 0.05) is 41.1 Å². The fraction of sp³-hybridized carbons (Fsp3) is 0.200. The number of rotatable bonds is 8. The maximum Gasteiger partial charge on any atom is 0.257 e. The smallest absolute Gasteiger partial charge is 0.257 e. The lowest BCUT2D eigenvalue weighted by molar-refractivity contribution is 0.102. The molecule has 7 heteroatoms. The number of anilines is 2. The molecule has 0 unspecified atom stereocenters. The predicted octanol–water partition coefficient (Wildman–Crippen LogP) is 4.26. The molecule has 3 aromatic rings. The highest BCUT2D eigenvalue weighted by molar-refractivity contribution is 7.98. The summed E-state index contributed by atoms with van der Waals surface area (Å²) < 4.78 is 0. The van der Waals surface area contributed by atoms with Gasteiger partial charge < -0.3 is 10.4 Å². The van der Waals surface area contributed by atoms with E-state index in [2.05, 4.69) is 34.0 Å². The van der Waals surface area contributed by atoms with Gasteiger partial charge in [-0.3, -0.25) is 10.1 Å². The first kappa shape index (κ1) is 19.4. The first-order chi connectivity index (χ1) is 13.2. The van der Waals surface area contributed by atoms with Crippen LogP contribution in [-0.2, 0) is 13.0 Å². The average molecular weight is 400 g/mol. The van der Waals surface area contributed by atoms with Crippen LogP contribution in [0, 0.1) is 0 Å². The third kappa shape index (κ3) is 5.32. The molecule has 0 aliphatic rings. The van der Waals surface area contributed by atoms with Crippen LogP contribution in [-0.4, -0.2) is 28.9 Å². The van der Waals surface area contributed by atoms with E-state index in [9.17, 15) is 4.79 Å². The van der Waals surface area contributed by atoms with Crippen molar-refractivity contribution in [3.8, 4) is 0 Å². The predicted molar refractivity (Wildman–Crippen MR) is 113 cm³/mol. The van der Waals surface area contributed by atoms with Crippen molar-refractivity contribution in [1.29, 1.82) is 0 Å². The Morgan fingerprint density at radius 3 is 2.70 bits per heavy atom. The minimum atomic E-state index is -0.188. The number of aliphatic hydroxyl groups excluding tert-OH is 1. The van der Waals surface area contributed by atoms with Crippen LogP contribution in [0.4, 0.5) is 10.8 Å². The zero-order valence-electron chi connectivity index (χ0n) is 14.9. The minimum absolute atomic E-state index is 0.0496. The lowest BCUT2D eigenvalue weighted by atomic mass is 10.1. The van der Waals surface area contributed by atoms with E-state index in [4.69, 9.17) is 5.11 Å². The van der Waals surface area contributed by atoms with Gasteiger partial charge in [0.1, 0.15) is 0 Å². The van der Waals surface area contributed by atoms with Crippen molar-refractivity contribution in [2.24, 2.45) is 0 Å². The van der Waals surface area contributed by atoms with Gasteiger partial charge in [0.05, 0.1) is 5.69 Å². The van der Waals surface area contributed by atoms with Crippen LogP contribution in [0.3, 0.4) is 0 Å². The second-order valence-corrected chi connectivity index (χ2v) is 7.53. The second-order valence-electron chi connectivity index (χ2n) is 5.82. The molecule has 3 N–H and O–H groups in total. The fourth-order valence-corrected chi connectivity index (χ4v) is 3.84. The molecule has 0 radical (unpaired) electrons. The van der Waals surface area contributed by atoms with Crippen molar-refractivity contribution in [3.63, 3.8) is 0 Å². The normalized spacial score (nSPS) is 10.6. The van der Waals surface area contributed by atoms with Gasteiger partial charge in [-0.2, -0.15) is 0 Å². The van der Waals surface area contributed by atoms with Crippen molar-refractivity contribution < 1.29 is 9.90 Å². The number of hydrogen-bond donors (Lipinski definition) is 3. The number of carbonyl (C=O) groups is 1. The van der Waals surface area contributed by atoms with E-state index >= 15 is 0 Å². The van der Waals surface area contributed by atoms with E-state index in [1.165, 1.54) is 16.2 Å². The van der Waals surface area contributed by atoms with Crippen molar-refractivity contribution in [1.82, 2.24) is 4.98 Å². The van der Waals surface area contributed by atoms with Gasteiger partial charge in [-0.15, -0.1) is 23.1 Å². The molecule has 0 atom stereocenters. The summed E-state index contributed by atoms with van der Waals surface area (Å²) in [5.74, 6) is -0.188. The Labute approximate surface area is 166 Å². The molecule has 1 aromatic heterocycles. The number of hydrogen-bond acceptors (Lipinski definition) is 6. The van der Waals surface area contributed by atoms with Gasteiger partial charge in [-0.05, 0) is 36.1 Å². The number of nitrogens with one attached hydrogen (secondary N) is 2. The van der Waals surface area contributed by atoms with Crippen LogP contribution in [0.25, 0.3) is 0 Å². The molecule has 1 amide bonds. The van der Waals surface area contributed by atoms with Crippen LogP contribution in [0.1, 0.15) is 21.6 Å². The molecule has 5 nitrogen and oxygen atoms in total. The third-order valence-corrected chi connectivity index (χ3v) is 5.55. The number of benzene rings is 2. The van der Waals surface area contributed by atoms with Crippen molar-refractivity contribution in [3.05, 3.63) is 70.7 Å². The number of thioether (sulfide) groups is 1. The van der Waals surface area contributed by atoms with E-state index < -0.39 is 0 Å². The highest BCUT2D eigenvalue weighted by Gasteiger charge is 2.09. The van der Waals surface area contributed by atoms with E-state index in [0.717, 1.165) is 16.9 Å². The molecule has 3 rings (SSSR count). The van der Waals surface area contributed by atoms with Crippen LogP contribution in [0.15, 0.2) is 58.8 Å². The lowest BCUT2D eigenvalue weighted by Crippen LogP contribution is -2.12. The van der Waals surface area contributed by atoms with Crippen LogP contribution in [0.5, 0.6) is 0 Å². The van der Waals surface area contributed by atoms with Crippen molar-refractivity contribution in [2.45, 2.75) is 17.9 Å². The maximum atomic E-state index is 12.3. The quantitative estimate of drug-likeness (QED) is 0.494. The SMILES string of the molecule is CSc1ccccc1NCc1ccc(C(=O)Nc2nc(CCO)cs2)cc1. The summed E-state index contributed by atoms with van der Waals surface area (Å²) in [6.07, 6.45) is 2.55. The Balaban J connectivity index is 1.58. The number of amides is 1. The Hall–Kier alpha value is -2.35. The summed E-state index contributed by atoms with van der Waals surface area (Å²) in [7, 11) is 0. The monoisotopic (exact) mass is 399 g/mol. The van der Waals surface area contributed by atoms with Crippen LogP contribution in [0.2, 0.25) is 0 Å². The molecule has 0 bridgehead atoms. The lowest BCUT2D eigenvalue weighted by Gasteiger charge is -2.10. The van der Waals surface area contributed by atoms with E-state index in [0.29, 0.717) is 23.7 Å². The van der Waals surface area contributed by atoms with E-state index in [-0.39, 0.29) is 12.5 Å². The molecule has 2 aromatic carbocycles. The maximum absolute atomic E-state index is 12.3. The Morgan fingerprint density at radius 2 is 1.96 bits per heavy atom. The first-order valence-electron chi connectivity index (χ1n) is 8.52. The third-order valence-electron chi connectivity index (χ3n) is 3.95. The Bertz CT molecular complexity index is 894. The highest BCUT2D eigenvalue weighted by Crippen LogP contribution is 2.25. The van der Waals surface area contributed by atoms with Crippen molar-refractivity contribution >= 4 is 39.8 Å². The fourth-order valence-electron chi connectivity index (χ4n) is 2.52. The number of thiazole rings is 1. The van der Waals surface area contributed by atoms with E-state index in [1.54, 1.807) is 11.8 Å². The Morgan fingerprint density at radius 1 is 1.19 bits per heavy atom. The molecule has 0 saturated heterocycles. The second kappa shape index (κ2) is 9.55. The molecule has 0 saturated carbocycles. The number of aliphatic hydroxyl groups is 1. The van der Waals surface area contributed by atoms with Gasteiger partial charge in [-0.25, -0.2) is 4.98 Å². The summed E-state index contributed by atoms with van der Waals surface area (Å²) in [4.78, 5) is 17.8. The molecule has 1 heterocycles. The van der Waals surface area contributed by atoms with E-state index in [1.807, 2.05) is 41.8 Å². The molecular formula is C20H21N3O2S2. The summed E-state index contributed by atoms with van der Waals surface area (Å²) in [6.45, 7) is 0.741.